The molecule has 2 aliphatic heterocycles. The average molecular weight is 345 g/mol. The van der Waals surface area contributed by atoms with E-state index in [4.69, 9.17) is 4.98 Å². The summed E-state index contributed by atoms with van der Waals surface area (Å²) in [5.41, 5.74) is 2.23. The van der Waals surface area contributed by atoms with E-state index in [-0.39, 0.29) is 6.04 Å². The molecule has 2 aliphatic rings. The first-order valence-electron chi connectivity index (χ1n) is 8.58. The van der Waals surface area contributed by atoms with Crippen LogP contribution in [0.2, 0.25) is 0 Å². The largest absolute Gasteiger partial charge is 0.354 e. The fourth-order valence-electron chi connectivity index (χ4n) is 3.89. The third-order valence-electron chi connectivity index (χ3n) is 5.23. The number of hydrogen-bond donors (Lipinski definition) is 0. The molecule has 4 rings (SSSR count). The van der Waals surface area contributed by atoms with Crippen LogP contribution in [0.3, 0.4) is 0 Å². The second-order valence-electron chi connectivity index (χ2n) is 6.90. The Bertz CT molecular complexity index is 858. The Balaban J connectivity index is 1.49. The second-order valence-corrected chi connectivity index (χ2v) is 9.13. The molecule has 0 N–H and O–H groups in total. The molecule has 0 bridgehead atoms. The molecule has 5 nitrogen and oxygen atoms in total. The maximum atomic E-state index is 11.7. The van der Waals surface area contributed by atoms with Crippen LogP contribution in [0.5, 0.6) is 0 Å². The van der Waals surface area contributed by atoms with Gasteiger partial charge < -0.3 is 4.90 Å². The maximum Gasteiger partial charge on any atom is 0.151 e. The molecule has 0 aliphatic carbocycles. The van der Waals surface area contributed by atoms with Gasteiger partial charge >= 0.3 is 0 Å². The van der Waals surface area contributed by atoms with Gasteiger partial charge in [0.05, 0.1) is 17.0 Å². The highest BCUT2D eigenvalue weighted by atomic mass is 32.2. The topological polar surface area (TPSA) is 53.5 Å². The minimum Gasteiger partial charge on any atom is -0.354 e. The van der Waals surface area contributed by atoms with Gasteiger partial charge in [0.15, 0.2) is 9.84 Å². The summed E-state index contributed by atoms with van der Waals surface area (Å²) in [6, 6.07) is 10.6. The quantitative estimate of drug-likeness (QED) is 0.831. The zero-order valence-corrected chi connectivity index (χ0v) is 14.8. The molecule has 0 spiro atoms. The Morgan fingerprint density at radius 2 is 1.88 bits per heavy atom. The van der Waals surface area contributed by atoms with Crippen LogP contribution in [0.15, 0.2) is 30.3 Å². The normalized spacial score (nSPS) is 24.5. The van der Waals surface area contributed by atoms with Crippen LogP contribution in [0, 0.1) is 6.92 Å². The van der Waals surface area contributed by atoms with Crippen LogP contribution >= 0.6 is 0 Å². The molecule has 24 heavy (non-hydrogen) atoms. The number of nitrogens with zero attached hydrogens (tertiary/aromatic N) is 3. The lowest BCUT2D eigenvalue weighted by Gasteiger charge is -2.38. The molecule has 128 valence electrons. The Labute approximate surface area is 143 Å². The molecule has 2 aromatic rings. The van der Waals surface area contributed by atoms with Gasteiger partial charge in [-0.3, -0.25) is 4.90 Å². The Morgan fingerprint density at radius 3 is 2.58 bits per heavy atom. The number of sulfone groups is 1. The van der Waals surface area contributed by atoms with Crippen LogP contribution in [-0.2, 0) is 9.84 Å². The molecule has 0 radical (unpaired) electrons. The zero-order chi connectivity index (χ0) is 16.7. The predicted octanol–water partition coefficient (Wildman–Crippen LogP) is 1.85. The first-order chi connectivity index (χ1) is 11.5. The summed E-state index contributed by atoms with van der Waals surface area (Å²) in [6.07, 6.45) is 0.787. The van der Waals surface area contributed by atoms with Crippen molar-refractivity contribution in [3.63, 3.8) is 0 Å². The first-order valence-corrected chi connectivity index (χ1v) is 10.4. The second kappa shape index (κ2) is 6.01. The van der Waals surface area contributed by atoms with Gasteiger partial charge in [0.1, 0.15) is 5.82 Å². The van der Waals surface area contributed by atoms with Gasteiger partial charge in [0, 0.05) is 37.6 Å². The number of para-hydroxylation sites is 1. The summed E-state index contributed by atoms with van der Waals surface area (Å²) in [4.78, 5) is 9.54. The van der Waals surface area contributed by atoms with E-state index in [1.165, 1.54) is 10.9 Å². The molecule has 1 aromatic heterocycles. The van der Waals surface area contributed by atoms with Crippen molar-refractivity contribution in [2.24, 2.45) is 0 Å². The summed E-state index contributed by atoms with van der Waals surface area (Å²) in [5.74, 6) is 1.75. The van der Waals surface area contributed by atoms with Gasteiger partial charge in [0.25, 0.3) is 0 Å². The smallest absolute Gasteiger partial charge is 0.151 e. The molecule has 2 saturated heterocycles. The zero-order valence-electron chi connectivity index (χ0n) is 14.0. The summed E-state index contributed by atoms with van der Waals surface area (Å²) in [5, 5.41) is 1.17. The van der Waals surface area contributed by atoms with Crippen molar-refractivity contribution < 1.29 is 8.42 Å². The van der Waals surface area contributed by atoms with Crippen molar-refractivity contribution in [1.29, 1.82) is 0 Å². The Hall–Kier alpha value is -1.66. The van der Waals surface area contributed by atoms with Gasteiger partial charge in [-0.15, -0.1) is 0 Å². The maximum absolute atomic E-state index is 11.7. The fraction of sp³-hybridized carbons (Fsp3) is 0.500. The van der Waals surface area contributed by atoms with E-state index in [0.29, 0.717) is 11.5 Å². The minimum atomic E-state index is -2.81. The van der Waals surface area contributed by atoms with E-state index in [2.05, 4.69) is 34.9 Å². The molecule has 0 unspecified atom stereocenters. The van der Waals surface area contributed by atoms with Crippen LogP contribution in [0.25, 0.3) is 10.9 Å². The molecule has 6 heteroatoms. The number of pyridine rings is 1. The minimum absolute atomic E-state index is 0.211. The third kappa shape index (κ3) is 3.00. The highest BCUT2D eigenvalue weighted by molar-refractivity contribution is 7.91. The number of hydrogen-bond acceptors (Lipinski definition) is 5. The lowest BCUT2D eigenvalue weighted by atomic mass is 10.1. The highest BCUT2D eigenvalue weighted by Crippen LogP contribution is 2.25. The lowest BCUT2D eigenvalue weighted by molar-refractivity contribution is 0.200. The Kier molecular flexibility index (Phi) is 3.96. The van der Waals surface area contributed by atoms with Crippen LogP contribution < -0.4 is 4.90 Å². The van der Waals surface area contributed by atoms with Gasteiger partial charge in [-0.05, 0) is 31.0 Å². The first kappa shape index (κ1) is 15.8. The fourth-order valence-corrected chi connectivity index (χ4v) is 5.66. The Morgan fingerprint density at radius 1 is 1.12 bits per heavy atom. The number of piperazine rings is 1. The van der Waals surface area contributed by atoms with E-state index in [0.717, 1.165) is 43.9 Å². The monoisotopic (exact) mass is 345 g/mol. The summed E-state index contributed by atoms with van der Waals surface area (Å²) >= 11 is 0. The average Bonchev–Trinajstić information content (AvgIpc) is 2.94. The molecule has 1 atom stereocenters. The molecular weight excluding hydrogens is 322 g/mol. The van der Waals surface area contributed by atoms with Gasteiger partial charge in [-0.25, -0.2) is 13.4 Å². The molecule has 1 aromatic carbocycles. The van der Waals surface area contributed by atoms with Crippen LogP contribution in [-0.4, -0.2) is 62.0 Å². The van der Waals surface area contributed by atoms with Crippen molar-refractivity contribution in [3.05, 3.63) is 35.9 Å². The van der Waals surface area contributed by atoms with E-state index >= 15 is 0 Å². The van der Waals surface area contributed by atoms with Crippen LogP contribution in [0.4, 0.5) is 5.82 Å². The van der Waals surface area contributed by atoms with Crippen molar-refractivity contribution in [2.75, 3.05) is 42.6 Å². The summed E-state index contributed by atoms with van der Waals surface area (Å²) in [7, 11) is -2.81. The standard InChI is InChI=1S/C18H23N3O2S/c1-14-12-15-4-2-3-5-17(15)19-18(14)21-9-7-20(8-10-21)16-6-11-24(22,23)13-16/h2-5,12,16H,6-11,13H2,1H3/t16-/m1/s1. The van der Waals surface area contributed by atoms with Crippen LogP contribution in [0.1, 0.15) is 12.0 Å². The van der Waals surface area contributed by atoms with Gasteiger partial charge in [0.2, 0.25) is 0 Å². The van der Waals surface area contributed by atoms with E-state index in [1.807, 2.05) is 12.1 Å². The number of benzene rings is 1. The van der Waals surface area contributed by atoms with E-state index in [9.17, 15) is 8.42 Å². The molecule has 0 saturated carbocycles. The number of aromatic nitrogens is 1. The molecule has 0 amide bonds. The molecule has 3 heterocycles. The number of aryl methyl sites for hydroxylation is 1. The summed E-state index contributed by atoms with van der Waals surface area (Å²) < 4.78 is 23.4. The predicted molar refractivity (Wildman–Crippen MR) is 97.3 cm³/mol. The lowest BCUT2D eigenvalue weighted by Crippen LogP contribution is -2.51. The summed E-state index contributed by atoms with van der Waals surface area (Å²) in [6.45, 7) is 5.75. The van der Waals surface area contributed by atoms with Gasteiger partial charge in [-0.2, -0.15) is 0 Å². The van der Waals surface area contributed by atoms with Crippen molar-refractivity contribution in [2.45, 2.75) is 19.4 Å². The van der Waals surface area contributed by atoms with E-state index < -0.39 is 9.84 Å². The molecule has 2 fully saturated rings. The number of fused-ring (bicyclic) bond motifs is 1. The SMILES string of the molecule is Cc1cc2ccccc2nc1N1CCN([C@@H]2CCS(=O)(=O)C2)CC1. The van der Waals surface area contributed by atoms with Crippen molar-refractivity contribution >= 4 is 26.6 Å². The third-order valence-corrected chi connectivity index (χ3v) is 6.98. The van der Waals surface area contributed by atoms with Gasteiger partial charge in [-0.1, -0.05) is 18.2 Å². The highest BCUT2D eigenvalue weighted by Gasteiger charge is 2.33. The molecular formula is C18H23N3O2S. The van der Waals surface area contributed by atoms with Crippen molar-refractivity contribution in [1.82, 2.24) is 9.88 Å². The number of rotatable bonds is 2. The number of anilines is 1. The van der Waals surface area contributed by atoms with E-state index in [1.54, 1.807) is 0 Å². The van der Waals surface area contributed by atoms with Crippen molar-refractivity contribution in [3.8, 4) is 0 Å².